The molecule has 1 aromatic heterocycles. The molecule has 2 aromatic carbocycles. The van der Waals surface area contributed by atoms with E-state index in [4.69, 9.17) is 23.8 Å². The number of hydrogen-bond donors (Lipinski definition) is 1. The van der Waals surface area contributed by atoms with Crippen LogP contribution in [0.15, 0.2) is 36.4 Å². The van der Waals surface area contributed by atoms with Gasteiger partial charge in [0.05, 0.1) is 27.4 Å². The zero-order chi connectivity index (χ0) is 15.1. The summed E-state index contributed by atoms with van der Waals surface area (Å²) in [5, 5.41) is 0.0765. The summed E-state index contributed by atoms with van der Waals surface area (Å²) in [6, 6.07) is 10.8. The highest BCUT2D eigenvalue weighted by Crippen LogP contribution is 2.29. The first-order valence-electron chi connectivity index (χ1n) is 6.35. The molecule has 108 valence electrons. The Labute approximate surface area is 131 Å². The van der Waals surface area contributed by atoms with Crippen LogP contribution in [0.4, 0.5) is 10.1 Å². The molecule has 0 spiro atoms. The van der Waals surface area contributed by atoms with Crippen molar-refractivity contribution in [3.05, 3.63) is 52.0 Å². The topological polar surface area (TPSA) is 24.0 Å². The number of aromatic nitrogens is 2. The number of benzene rings is 2. The predicted octanol–water partition coefficient (Wildman–Crippen LogP) is 4.55. The second-order valence-electron chi connectivity index (χ2n) is 4.93. The number of para-hydroxylation sites is 2. The maximum absolute atomic E-state index is 13.6. The van der Waals surface area contributed by atoms with Gasteiger partial charge < -0.3 is 9.88 Å². The Hall–Kier alpha value is -1.85. The molecule has 6 heteroatoms. The number of imidazole rings is 1. The summed E-state index contributed by atoms with van der Waals surface area (Å²) in [7, 11) is 3.92. The van der Waals surface area contributed by atoms with Gasteiger partial charge in [0.1, 0.15) is 5.82 Å². The maximum atomic E-state index is 13.6. The summed E-state index contributed by atoms with van der Waals surface area (Å²) >= 11 is 11.3. The number of halogens is 2. The van der Waals surface area contributed by atoms with Crippen molar-refractivity contribution in [2.24, 2.45) is 0 Å². The zero-order valence-electron chi connectivity index (χ0n) is 11.5. The highest BCUT2D eigenvalue weighted by molar-refractivity contribution is 7.71. The summed E-state index contributed by atoms with van der Waals surface area (Å²) in [4.78, 5) is 5.02. The summed E-state index contributed by atoms with van der Waals surface area (Å²) in [5.41, 5.74) is 3.30. The first-order chi connectivity index (χ1) is 9.99. The van der Waals surface area contributed by atoms with Gasteiger partial charge in [-0.25, -0.2) is 4.39 Å². The number of aromatic amines is 1. The van der Waals surface area contributed by atoms with E-state index in [9.17, 15) is 4.39 Å². The van der Waals surface area contributed by atoms with Crippen LogP contribution in [0.1, 0.15) is 0 Å². The average Bonchev–Trinajstić information content (AvgIpc) is 2.74. The summed E-state index contributed by atoms with van der Waals surface area (Å²) < 4.78 is 16.0. The van der Waals surface area contributed by atoms with Gasteiger partial charge in [0.2, 0.25) is 0 Å². The molecule has 3 aromatic rings. The molecular formula is C15H13ClFN3S. The minimum Gasteiger partial charge on any atom is -0.376 e. The van der Waals surface area contributed by atoms with E-state index in [-0.39, 0.29) is 5.02 Å². The lowest BCUT2D eigenvalue weighted by Crippen LogP contribution is -2.12. The second kappa shape index (κ2) is 5.16. The molecule has 0 saturated heterocycles. The van der Waals surface area contributed by atoms with E-state index < -0.39 is 5.82 Å². The number of hydrogen-bond acceptors (Lipinski definition) is 2. The van der Waals surface area contributed by atoms with Crippen molar-refractivity contribution in [2.75, 3.05) is 19.0 Å². The van der Waals surface area contributed by atoms with Gasteiger partial charge in [0.25, 0.3) is 0 Å². The number of H-pyrrole nitrogens is 1. The fraction of sp³-hybridized carbons (Fsp3) is 0.133. The Kier molecular flexibility index (Phi) is 3.47. The molecule has 0 bridgehead atoms. The van der Waals surface area contributed by atoms with E-state index in [1.807, 2.05) is 47.8 Å². The van der Waals surface area contributed by atoms with Gasteiger partial charge in [-0.1, -0.05) is 23.7 Å². The maximum Gasteiger partial charge on any atom is 0.182 e. The van der Waals surface area contributed by atoms with Crippen molar-refractivity contribution in [3.8, 4) is 5.69 Å². The van der Waals surface area contributed by atoms with Crippen LogP contribution < -0.4 is 4.90 Å². The Balaban J connectivity index is 2.38. The average molecular weight is 322 g/mol. The quantitative estimate of drug-likeness (QED) is 0.700. The molecule has 3 rings (SSSR count). The van der Waals surface area contributed by atoms with Gasteiger partial charge >= 0.3 is 0 Å². The van der Waals surface area contributed by atoms with Crippen LogP contribution in [0.2, 0.25) is 5.02 Å². The predicted molar refractivity (Wildman–Crippen MR) is 87.8 cm³/mol. The van der Waals surface area contributed by atoms with Crippen molar-refractivity contribution < 1.29 is 4.39 Å². The van der Waals surface area contributed by atoms with E-state index >= 15 is 0 Å². The molecule has 0 radical (unpaired) electrons. The SMILES string of the molecule is CN(C)c1ccccc1-n1c(=S)[nH]c2cc(F)c(Cl)cc21. The van der Waals surface area contributed by atoms with E-state index in [1.165, 1.54) is 6.07 Å². The molecule has 0 amide bonds. The fourth-order valence-electron chi connectivity index (χ4n) is 2.37. The molecule has 1 heterocycles. The Bertz CT molecular complexity index is 882. The van der Waals surface area contributed by atoms with E-state index in [0.29, 0.717) is 10.3 Å². The van der Waals surface area contributed by atoms with Crippen LogP contribution in [0.25, 0.3) is 16.7 Å². The van der Waals surface area contributed by atoms with Crippen molar-refractivity contribution in [2.45, 2.75) is 0 Å². The zero-order valence-corrected chi connectivity index (χ0v) is 13.1. The van der Waals surface area contributed by atoms with Crippen molar-refractivity contribution in [3.63, 3.8) is 0 Å². The summed E-state index contributed by atoms with van der Waals surface area (Å²) in [6.45, 7) is 0. The highest BCUT2D eigenvalue weighted by atomic mass is 35.5. The monoisotopic (exact) mass is 321 g/mol. The molecule has 21 heavy (non-hydrogen) atoms. The van der Waals surface area contributed by atoms with Crippen molar-refractivity contribution in [1.29, 1.82) is 0 Å². The third kappa shape index (κ3) is 2.32. The second-order valence-corrected chi connectivity index (χ2v) is 5.73. The normalized spacial score (nSPS) is 11.0. The standard InChI is InChI=1S/C15H13ClFN3S/c1-19(2)12-5-3-4-6-13(12)20-14-7-9(16)10(17)8-11(14)18-15(20)21/h3-8H,1-2H3,(H,18,21). The molecule has 0 unspecified atom stereocenters. The van der Waals surface area contributed by atoms with Crippen LogP contribution >= 0.6 is 23.8 Å². The minimum atomic E-state index is -0.464. The van der Waals surface area contributed by atoms with Crippen LogP contribution in [0, 0.1) is 10.6 Å². The number of nitrogens with one attached hydrogen (secondary N) is 1. The van der Waals surface area contributed by atoms with Crippen LogP contribution in [-0.2, 0) is 0 Å². The van der Waals surface area contributed by atoms with Crippen LogP contribution in [-0.4, -0.2) is 23.6 Å². The van der Waals surface area contributed by atoms with Gasteiger partial charge in [-0.05, 0) is 30.4 Å². The van der Waals surface area contributed by atoms with Gasteiger partial charge in [0, 0.05) is 20.2 Å². The molecule has 0 aliphatic carbocycles. The lowest BCUT2D eigenvalue weighted by atomic mass is 10.2. The van der Waals surface area contributed by atoms with E-state index in [1.54, 1.807) is 6.07 Å². The molecule has 0 atom stereocenters. The number of fused-ring (bicyclic) bond motifs is 1. The highest BCUT2D eigenvalue weighted by Gasteiger charge is 2.13. The first-order valence-corrected chi connectivity index (χ1v) is 7.14. The van der Waals surface area contributed by atoms with Crippen molar-refractivity contribution >= 4 is 40.5 Å². The largest absolute Gasteiger partial charge is 0.376 e. The molecule has 3 nitrogen and oxygen atoms in total. The number of nitrogens with zero attached hydrogens (tertiary/aromatic N) is 2. The molecular weight excluding hydrogens is 309 g/mol. The molecule has 0 fully saturated rings. The van der Waals surface area contributed by atoms with Gasteiger partial charge in [-0.2, -0.15) is 0 Å². The lowest BCUT2D eigenvalue weighted by molar-refractivity contribution is 0.630. The van der Waals surface area contributed by atoms with Gasteiger partial charge in [0.15, 0.2) is 4.77 Å². The number of rotatable bonds is 2. The number of anilines is 1. The minimum absolute atomic E-state index is 0.0765. The molecule has 0 aliphatic heterocycles. The lowest BCUT2D eigenvalue weighted by Gasteiger charge is -2.18. The smallest absolute Gasteiger partial charge is 0.182 e. The van der Waals surface area contributed by atoms with E-state index in [0.717, 1.165) is 16.9 Å². The van der Waals surface area contributed by atoms with Gasteiger partial charge in [-0.15, -0.1) is 0 Å². The van der Waals surface area contributed by atoms with Crippen molar-refractivity contribution in [1.82, 2.24) is 9.55 Å². The third-order valence-electron chi connectivity index (χ3n) is 3.33. The fourth-order valence-corrected chi connectivity index (χ4v) is 2.84. The molecule has 1 N–H and O–H groups in total. The third-order valence-corrected chi connectivity index (χ3v) is 3.90. The summed E-state index contributed by atoms with van der Waals surface area (Å²) in [5.74, 6) is -0.464. The Morgan fingerprint density at radius 1 is 1.24 bits per heavy atom. The molecule has 0 saturated carbocycles. The van der Waals surface area contributed by atoms with Crippen LogP contribution in [0.5, 0.6) is 0 Å². The van der Waals surface area contributed by atoms with Gasteiger partial charge in [-0.3, -0.25) is 4.57 Å². The van der Waals surface area contributed by atoms with Crippen LogP contribution in [0.3, 0.4) is 0 Å². The molecule has 0 aliphatic rings. The summed E-state index contributed by atoms with van der Waals surface area (Å²) in [6.07, 6.45) is 0. The Morgan fingerprint density at radius 2 is 1.95 bits per heavy atom. The van der Waals surface area contributed by atoms with E-state index in [2.05, 4.69) is 4.98 Å². The Morgan fingerprint density at radius 3 is 2.67 bits per heavy atom. The first kappa shape index (κ1) is 14.1.